The lowest BCUT2D eigenvalue weighted by atomic mass is 10.1. The number of hydrogen-bond acceptors (Lipinski definition) is 4. The summed E-state index contributed by atoms with van der Waals surface area (Å²) in [6, 6.07) is 7.61. The lowest BCUT2D eigenvalue weighted by molar-refractivity contribution is 0.575. The molecule has 2 aromatic rings. The first-order valence-electron chi connectivity index (χ1n) is 6.24. The molecule has 0 radical (unpaired) electrons. The van der Waals surface area contributed by atoms with Gasteiger partial charge in [-0.3, -0.25) is 5.10 Å². The standard InChI is InChI=1S/C13H18N4O2S/c1-9-5-3-4-6-11(9)8-15-20(18,19)13-12(7-14)10(2)16-17-13/h3-6,15H,7-8,14H2,1-2H3,(H,16,17). The molecule has 1 aromatic carbocycles. The van der Waals surface area contributed by atoms with Crippen LogP contribution in [0.1, 0.15) is 22.4 Å². The smallest absolute Gasteiger partial charge is 0.260 e. The number of rotatable bonds is 5. The van der Waals surface area contributed by atoms with Crippen molar-refractivity contribution in [3.63, 3.8) is 0 Å². The minimum absolute atomic E-state index is 0.0221. The van der Waals surface area contributed by atoms with Gasteiger partial charge in [-0.25, -0.2) is 13.1 Å². The predicted octanol–water partition coefficient (Wildman–Crippen LogP) is 0.964. The normalized spacial score (nSPS) is 11.8. The summed E-state index contributed by atoms with van der Waals surface area (Å²) in [5, 5.41) is 6.47. The number of nitrogens with one attached hydrogen (secondary N) is 2. The lowest BCUT2D eigenvalue weighted by Gasteiger charge is -2.08. The molecule has 0 spiro atoms. The number of benzene rings is 1. The molecule has 0 saturated heterocycles. The van der Waals surface area contributed by atoms with Crippen molar-refractivity contribution in [1.29, 1.82) is 0 Å². The van der Waals surface area contributed by atoms with Crippen LogP contribution in [0.4, 0.5) is 0 Å². The first-order chi connectivity index (χ1) is 9.45. The van der Waals surface area contributed by atoms with Gasteiger partial charge >= 0.3 is 0 Å². The Labute approximate surface area is 118 Å². The van der Waals surface area contributed by atoms with Crippen molar-refractivity contribution in [1.82, 2.24) is 14.9 Å². The zero-order valence-electron chi connectivity index (χ0n) is 11.5. The highest BCUT2D eigenvalue weighted by atomic mass is 32.2. The molecule has 0 aliphatic rings. The van der Waals surface area contributed by atoms with E-state index in [-0.39, 0.29) is 18.1 Å². The molecule has 0 aliphatic carbocycles. The number of hydrogen-bond donors (Lipinski definition) is 3. The summed E-state index contributed by atoms with van der Waals surface area (Å²) in [7, 11) is -3.67. The lowest BCUT2D eigenvalue weighted by Crippen LogP contribution is -2.25. The van der Waals surface area contributed by atoms with Crippen LogP contribution in [0.25, 0.3) is 0 Å². The highest BCUT2D eigenvalue weighted by Gasteiger charge is 2.22. The molecule has 2 rings (SSSR count). The Morgan fingerprint density at radius 2 is 2.00 bits per heavy atom. The molecule has 0 amide bonds. The molecule has 7 heteroatoms. The molecule has 0 atom stereocenters. The number of aryl methyl sites for hydroxylation is 2. The molecule has 0 fully saturated rings. The fourth-order valence-electron chi connectivity index (χ4n) is 1.94. The number of sulfonamides is 1. The Hall–Kier alpha value is -1.70. The molecule has 108 valence electrons. The Kier molecular flexibility index (Phi) is 4.22. The summed E-state index contributed by atoms with van der Waals surface area (Å²) in [6.45, 7) is 4.04. The summed E-state index contributed by atoms with van der Waals surface area (Å²) in [6.07, 6.45) is 0. The molecule has 1 heterocycles. The Balaban J connectivity index is 2.22. The monoisotopic (exact) mass is 294 g/mol. The molecule has 0 saturated carbocycles. The largest absolute Gasteiger partial charge is 0.326 e. The highest BCUT2D eigenvalue weighted by molar-refractivity contribution is 7.89. The molecule has 0 aliphatic heterocycles. The van der Waals surface area contributed by atoms with Gasteiger partial charge in [0.05, 0.1) is 0 Å². The average Bonchev–Trinajstić information content (AvgIpc) is 2.79. The number of nitrogens with zero attached hydrogens (tertiary/aromatic N) is 1. The summed E-state index contributed by atoms with van der Waals surface area (Å²) in [4.78, 5) is 0. The van der Waals surface area contributed by atoms with Gasteiger partial charge in [-0.15, -0.1) is 0 Å². The third kappa shape index (κ3) is 2.90. The molecule has 4 N–H and O–H groups in total. The SMILES string of the molecule is Cc1ccccc1CNS(=O)(=O)c1n[nH]c(C)c1CN. The second-order valence-electron chi connectivity index (χ2n) is 4.59. The van der Waals surface area contributed by atoms with E-state index in [1.54, 1.807) is 6.92 Å². The quantitative estimate of drug-likeness (QED) is 0.764. The van der Waals surface area contributed by atoms with Gasteiger partial charge < -0.3 is 5.73 Å². The van der Waals surface area contributed by atoms with Crippen molar-refractivity contribution in [2.45, 2.75) is 32.0 Å². The topological polar surface area (TPSA) is 101 Å². The summed E-state index contributed by atoms with van der Waals surface area (Å²) < 4.78 is 27.1. The fourth-order valence-corrected chi connectivity index (χ4v) is 3.15. The van der Waals surface area contributed by atoms with E-state index in [0.717, 1.165) is 11.1 Å². The van der Waals surface area contributed by atoms with E-state index in [1.165, 1.54) is 0 Å². The minimum Gasteiger partial charge on any atom is -0.326 e. The van der Waals surface area contributed by atoms with Gasteiger partial charge in [0.25, 0.3) is 10.0 Å². The van der Waals surface area contributed by atoms with E-state index in [0.29, 0.717) is 11.3 Å². The van der Waals surface area contributed by atoms with Crippen LogP contribution < -0.4 is 10.5 Å². The van der Waals surface area contributed by atoms with Gasteiger partial charge in [0.2, 0.25) is 0 Å². The van der Waals surface area contributed by atoms with Crippen molar-refractivity contribution >= 4 is 10.0 Å². The molecular weight excluding hydrogens is 276 g/mol. The molecule has 0 unspecified atom stereocenters. The molecule has 20 heavy (non-hydrogen) atoms. The van der Waals surface area contributed by atoms with Crippen LogP contribution in [-0.4, -0.2) is 18.6 Å². The summed E-state index contributed by atoms with van der Waals surface area (Å²) in [5.74, 6) is 0. The van der Waals surface area contributed by atoms with E-state index < -0.39 is 10.0 Å². The van der Waals surface area contributed by atoms with Crippen LogP contribution in [0.15, 0.2) is 29.3 Å². The van der Waals surface area contributed by atoms with Crippen molar-refractivity contribution in [3.05, 3.63) is 46.6 Å². The molecule has 1 aromatic heterocycles. The molecule has 6 nitrogen and oxygen atoms in total. The maximum Gasteiger partial charge on any atom is 0.260 e. The third-order valence-electron chi connectivity index (χ3n) is 3.21. The van der Waals surface area contributed by atoms with E-state index in [2.05, 4.69) is 14.9 Å². The van der Waals surface area contributed by atoms with E-state index in [1.807, 2.05) is 31.2 Å². The molecular formula is C13H18N4O2S. The zero-order chi connectivity index (χ0) is 14.8. The van der Waals surface area contributed by atoms with Crippen LogP contribution in [0, 0.1) is 13.8 Å². The van der Waals surface area contributed by atoms with Crippen molar-refractivity contribution in [2.75, 3.05) is 0 Å². The summed E-state index contributed by atoms with van der Waals surface area (Å²) >= 11 is 0. The first-order valence-corrected chi connectivity index (χ1v) is 7.72. The summed E-state index contributed by atoms with van der Waals surface area (Å²) in [5.41, 5.74) is 8.72. The van der Waals surface area contributed by atoms with Crippen molar-refractivity contribution in [3.8, 4) is 0 Å². The second-order valence-corrected chi connectivity index (χ2v) is 6.27. The van der Waals surface area contributed by atoms with Crippen molar-refractivity contribution in [2.24, 2.45) is 5.73 Å². The van der Waals surface area contributed by atoms with Crippen LogP contribution in [0.5, 0.6) is 0 Å². The number of aromatic amines is 1. The maximum atomic E-state index is 12.3. The maximum absolute atomic E-state index is 12.3. The van der Waals surface area contributed by atoms with E-state index >= 15 is 0 Å². The van der Waals surface area contributed by atoms with Gasteiger partial charge in [0.15, 0.2) is 5.03 Å². The molecule has 0 bridgehead atoms. The fraction of sp³-hybridized carbons (Fsp3) is 0.308. The van der Waals surface area contributed by atoms with Crippen molar-refractivity contribution < 1.29 is 8.42 Å². The van der Waals surface area contributed by atoms with Gasteiger partial charge in [-0.05, 0) is 25.0 Å². The number of nitrogens with two attached hydrogens (primary N) is 1. The predicted molar refractivity (Wildman–Crippen MR) is 76.4 cm³/mol. The Morgan fingerprint density at radius 3 is 2.65 bits per heavy atom. The van der Waals surface area contributed by atoms with Crippen LogP contribution in [0.3, 0.4) is 0 Å². The Morgan fingerprint density at radius 1 is 1.30 bits per heavy atom. The zero-order valence-corrected chi connectivity index (χ0v) is 12.3. The average molecular weight is 294 g/mol. The number of H-pyrrole nitrogens is 1. The van der Waals surface area contributed by atoms with Crippen LogP contribution >= 0.6 is 0 Å². The Bertz CT molecular complexity index is 707. The van der Waals surface area contributed by atoms with Gasteiger partial charge in [-0.1, -0.05) is 24.3 Å². The van der Waals surface area contributed by atoms with E-state index in [4.69, 9.17) is 5.73 Å². The minimum atomic E-state index is -3.67. The van der Waals surface area contributed by atoms with Crippen LogP contribution in [-0.2, 0) is 23.1 Å². The third-order valence-corrected chi connectivity index (χ3v) is 4.58. The van der Waals surface area contributed by atoms with Gasteiger partial charge in [0.1, 0.15) is 0 Å². The van der Waals surface area contributed by atoms with Crippen LogP contribution in [0.2, 0.25) is 0 Å². The first kappa shape index (κ1) is 14.7. The second kappa shape index (κ2) is 5.74. The van der Waals surface area contributed by atoms with E-state index in [9.17, 15) is 8.42 Å². The highest BCUT2D eigenvalue weighted by Crippen LogP contribution is 2.16. The number of aromatic nitrogens is 2. The van der Waals surface area contributed by atoms with Gasteiger partial charge in [0, 0.05) is 24.3 Å². The van der Waals surface area contributed by atoms with Gasteiger partial charge in [-0.2, -0.15) is 5.10 Å².